The molecule has 0 aliphatic heterocycles. The van der Waals surface area contributed by atoms with E-state index in [0.29, 0.717) is 5.56 Å². The van der Waals surface area contributed by atoms with Crippen molar-refractivity contribution in [2.45, 2.75) is 19.9 Å². The van der Waals surface area contributed by atoms with Gasteiger partial charge in [-0.25, -0.2) is 9.07 Å². The lowest BCUT2D eigenvalue weighted by Gasteiger charge is -2.13. The van der Waals surface area contributed by atoms with Gasteiger partial charge in [-0.2, -0.15) is 5.10 Å². The van der Waals surface area contributed by atoms with Crippen LogP contribution in [0.1, 0.15) is 24.2 Å². The van der Waals surface area contributed by atoms with Gasteiger partial charge in [-0.1, -0.05) is 0 Å². The zero-order chi connectivity index (χ0) is 14.2. The molecule has 2 aromatic heterocycles. The summed E-state index contributed by atoms with van der Waals surface area (Å²) in [4.78, 5) is 14.0. The Morgan fingerprint density at radius 2 is 2.21 bits per heavy atom. The number of aromatic nitrogens is 3. The molecular formula is C11H12FN5O2. The maximum Gasteiger partial charge on any atom is 0.333 e. The van der Waals surface area contributed by atoms with Crippen molar-refractivity contribution in [1.82, 2.24) is 14.8 Å². The van der Waals surface area contributed by atoms with Crippen molar-refractivity contribution in [3.63, 3.8) is 0 Å². The van der Waals surface area contributed by atoms with E-state index in [0.717, 1.165) is 6.20 Å². The average molecular weight is 265 g/mol. The highest BCUT2D eigenvalue weighted by Crippen LogP contribution is 2.30. The summed E-state index contributed by atoms with van der Waals surface area (Å²) >= 11 is 0. The van der Waals surface area contributed by atoms with E-state index in [-0.39, 0.29) is 17.2 Å². The van der Waals surface area contributed by atoms with Crippen molar-refractivity contribution >= 4 is 11.5 Å². The molecule has 8 heteroatoms. The number of halogens is 1. The predicted octanol–water partition coefficient (Wildman–Crippen LogP) is 1.83. The molecule has 2 heterocycles. The molecule has 0 aliphatic carbocycles. The predicted molar refractivity (Wildman–Crippen MR) is 66.0 cm³/mol. The Bertz CT molecular complexity index is 640. The van der Waals surface area contributed by atoms with Crippen LogP contribution in [-0.4, -0.2) is 19.7 Å². The van der Waals surface area contributed by atoms with Gasteiger partial charge in [0.05, 0.1) is 17.2 Å². The van der Waals surface area contributed by atoms with Gasteiger partial charge in [0.15, 0.2) is 0 Å². The second-order valence-corrected chi connectivity index (χ2v) is 4.13. The van der Waals surface area contributed by atoms with Crippen molar-refractivity contribution in [3.8, 4) is 0 Å². The summed E-state index contributed by atoms with van der Waals surface area (Å²) in [7, 11) is 0. The third-order valence-electron chi connectivity index (χ3n) is 2.85. The maximum atomic E-state index is 13.1. The first kappa shape index (κ1) is 12.9. The standard InChI is InChI=1S/C11H12FN5O2/c1-6-10(17(18)19)11(13)16(15-6)7(2)8-3-9(12)5-14-4-8/h3-5,7H,13H2,1-2H3. The molecule has 7 nitrogen and oxygen atoms in total. The second-order valence-electron chi connectivity index (χ2n) is 4.13. The highest BCUT2D eigenvalue weighted by atomic mass is 19.1. The number of rotatable bonds is 3. The molecule has 1 unspecified atom stereocenters. The monoisotopic (exact) mass is 265 g/mol. The van der Waals surface area contributed by atoms with Crippen LogP contribution in [0.2, 0.25) is 0 Å². The fourth-order valence-electron chi connectivity index (χ4n) is 1.88. The van der Waals surface area contributed by atoms with Crippen LogP contribution in [0.4, 0.5) is 15.9 Å². The number of hydrogen-bond donors (Lipinski definition) is 1. The molecule has 0 spiro atoms. The van der Waals surface area contributed by atoms with Gasteiger partial charge in [0.1, 0.15) is 11.5 Å². The van der Waals surface area contributed by atoms with Gasteiger partial charge in [0.25, 0.3) is 0 Å². The molecule has 0 saturated heterocycles. The van der Waals surface area contributed by atoms with E-state index < -0.39 is 16.8 Å². The van der Waals surface area contributed by atoms with Gasteiger partial charge in [-0.3, -0.25) is 15.1 Å². The number of hydrogen-bond acceptors (Lipinski definition) is 5. The maximum absolute atomic E-state index is 13.1. The molecule has 1 atom stereocenters. The van der Waals surface area contributed by atoms with E-state index in [4.69, 9.17) is 5.73 Å². The van der Waals surface area contributed by atoms with Crippen molar-refractivity contribution in [3.05, 3.63) is 45.6 Å². The van der Waals surface area contributed by atoms with Crippen LogP contribution in [0.3, 0.4) is 0 Å². The smallest absolute Gasteiger partial charge is 0.333 e. The Hall–Kier alpha value is -2.51. The van der Waals surface area contributed by atoms with Crippen molar-refractivity contribution < 1.29 is 9.31 Å². The molecule has 0 aliphatic rings. The first-order valence-electron chi connectivity index (χ1n) is 5.51. The molecule has 0 saturated carbocycles. The second kappa shape index (κ2) is 4.63. The first-order valence-corrected chi connectivity index (χ1v) is 5.51. The summed E-state index contributed by atoms with van der Waals surface area (Å²) < 4.78 is 14.4. The quantitative estimate of drug-likeness (QED) is 0.674. The number of aryl methyl sites for hydroxylation is 1. The molecular weight excluding hydrogens is 253 g/mol. The van der Waals surface area contributed by atoms with Crippen LogP contribution in [0.15, 0.2) is 18.5 Å². The van der Waals surface area contributed by atoms with Crippen molar-refractivity contribution in [1.29, 1.82) is 0 Å². The Labute approximate surface area is 108 Å². The lowest BCUT2D eigenvalue weighted by molar-refractivity contribution is -0.384. The van der Waals surface area contributed by atoms with Gasteiger partial charge in [-0.05, 0) is 25.5 Å². The van der Waals surface area contributed by atoms with Crippen LogP contribution in [0, 0.1) is 22.9 Å². The van der Waals surface area contributed by atoms with Crippen LogP contribution >= 0.6 is 0 Å². The summed E-state index contributed by atoms with van der Waals surface area (Å²) in [6.45, 7) is 3.21. The normalized spacial score (nSPS) is 12.4. The first-order chi connectivity index (χ1) is 8.91. The minimum Gasteiger partial charge on any atom is -0.378 e. The van der Waals surface area contributed by atoms with Crippen molar-refractivity contribution in [2.24, 2.45) is 0 Å². The summed E-state index contributed by atoms with van der Waals surface area (Å²) in [5.41, 5.74) is 6.25. The Kier molecular flexibility index (Phi) is 3.16. The fraction of sp³-hybridized carbons (Fsp3) is 0.273. The molecule has 0 aromatic carbocycles. The highest BCUT2D eigenvalue weighted by Gasteiger charge is 2.25. The van der Waals surface area contributed by atoms with Gasteiger partial charge in [0.2, 0.25) is 5.82 Å². The molecule has 0 amide bonds. The summed E-state index contributed by atoms with van der Waals surface area (Å²) in [5.74, 6) is -0.541. The van der Waals surface area contributed by atoms with Crippen LogP contribution in [0.25, 0.3) is 0 Å². The SMILES string of the molecule is Cc1nn(C(C)c2cncc(F)c2)c(N)c1[N+](=O)[O-]. The number of nitrogens with two attached hydrogens (primary N) is 1. The zero-order valence-electron chi connectivity index (χ0n) is 10.4. The van der Waals surface area contributed by atoms with Crippen molar-refractivity contribution in [2.75, 3.05) is 5.73 Å². The van der Waals surface area contributed by atoms with E-state index >= 15 is 0 Å². The van der Waals surface area contributed by atoms with E-state index in [1.165, 1.54) is 23.9 Å². The van der Waals surface area contributed by atoms with E-state index in [1.807, 2.05) is 0 Å². The summed E-state index contributed by atoms with van der Waals surface area (Å²) in [6.07, 6.45) is 2.55. The number of nitrogens with zero attached hydrogens (tertiary/aromatic N) is 4. The number of anilines is 1. The molecule has 0 radical (unpaired) electrons. The number of nitrogen functional groups attached to an aromatic ring is 1. The molecule has 2 N–H and O–H groups in total. The van der Waals surface area contributed by atoms with Gasteiger partial charge < -0.3 is 5.73 Å². The lowest BCUT2D eigenvalue weighted by atomic mass is 10.1. The number of pyridine rings is 1. The molecule has 19 heavy (non-hydrogen) atoms. The topological polar surface area (TPSA) is 99.9 Å². The van der Waals surface area contributed by atoms with E-state index in [1.54, 1.807) is 6.92 Å². The molecule has 2 rings (SSSR count). The largest absolute Gasteiger partial charge is 0.378 e. The van der Waals surface area contributed by atoms with Gasteiger partial charge in [-0.15, -0.1) is 0 Å². The van der Waals surface area contributed by atoms with Crippen LogP contribution < -0.4 is 5.73 Å². The molecule has 0 fully saturated rings. The van der Waals surface area contributed by atoms with E-state index in [9.17, 15) is 14.5 Å². The van der Waals surface area contributed by atoms with E-state index in [2.05, 4.69) is 10.1 Å². The minimum atomic E-state index is -0.579. The van der Waals surface area contributed by atoms with Gasteiger partial charge in [0, 0.05) is 6.20 Å². The number of nitro groups is 1. The van der Waals surface area contributed by atoms with Gasteiger partial charge >= 0.3 is 5.69 Å². The lowest BCUT2D eigenvalue weighted by Crippen LogP contribution is -2.12. The third kappa shape index (κ3) is 2.24. The fourth-order valence-corrected chi connectivity index (χ4v) is 1.88. The van der Waals surface area contributed by atoms with Crippen LogP contribution in [-0.2, 0) is 0 Å². The molecule has 100 valence electrons. The Balaban J connectivity index is 2.48. The third-order valence-corrected chi connectivity index (χ3v) is 2.85. The zero-order valence-corrected chi connectivity index (χ0v) is 10.4. The minimum absolute atomic E-state index is 0.0562. The summed E-state index contributed by atoms with van der Waals surface area (Å²) in [6, 6.07) is 0.843. The Morgan fingerprint density at radius 3 is 2.74 bits per heavy atom. The summed E-state index contributed by atoms with van der Waals surface area (Å²) in [5, 5.41) is 14.9. The highest BCUT2D eigenvalue weighted by molar-refractivity contribution is 5.56. The Morgan fingerprint density at radius 1 is 1.53 bits per heavy atom. The molecule has 0 bridgehead atoms. The average Bonchev–Trinajstić information content (AvgIpc) is 2.63. The van der Waals surface area contributed by atoms with Crippen LogP contribution in [0.5, 0.6) is 0 Å². The molecule has 2 aromatic rings.